The van der Waals surface area contributed by atoms with Crippen LogP contribution in [0.2, 0.25) is 0 Å². The largest absolute Gasteiger partial charge is 0.396 e. The lowest BCUT2D eigenvalue weighted by molar-refractivity contribution is -0.121. The van der Waals surface area contributed by atoms with Crippen LogP contribution in [-0.2, 0) is 4.79 Å². The van der Waals surface area contributed by atoms with Gasteiger partial charge in [-0.25, -0.2) is 8.78 Å². The van der Waals surface area contributed by atoms with Gasteiger partial charge in [0.05, 0.1) is 11.4 Å². The average Bonchev–Trinajstić information content (AvgIpc) is 2.36. The molecule has 0 aliphatic heterocycles. The molecule has 1 aromatic carbocycles. The topological polar surface area (TPSA) is 55.1 Å². The van der Waals surface area contributed by atoms with E-state index in [1.807, 2.05) is 0 Å². The number of hydrogen-bond acceptors (Lipinski definition) is 2. The van der Waals surface area contributed by atoms with E-state index in [1.165, 1.54) is 0 Å². The Bertz CT molecular complexity index is 483. The van der Waals surface area contributed by atoms with Gasteiger partial charge in [0.2, 0.25) is 5.91 Å². The zero-order valence-corrected chi connectivity index (χ0v) is 10.9. The molecule has 1 aromatic rings. The molecule has 1 saturated carbocycles. The van der Waals surface area contributed by atoms with E-state index in [1.54, 1.807) is 0 Å². The fourth-order valence-electron chi connectivity index (χ4n) is 2.42. The lowest BCUT2D eigenvalue weighted by Gasteiger charge is -2.25. The molecule has 1 amide bonds. The lowest BCUT2D eigenvalue weighted by atomic mass is 9.82. The summed E-state index contributed by atoms with van der Waals surface area (Å²) in [7, 11) is 0. The molecule has 0 saturated heterocycles. The van der Waals surface area contributed by atoms with Crippen LogP contribution < -0.4 is 11.1 Å². The van der Waals surface area contributed by atoms with Gasteiger partial charge in [-0.3, -0.25) is 4.79 Å². The maximum atomic E-state index is 13.5. The van der Waals surface area contributed by atoms with E-state index in [0.29, 0.717) is 12.0 Å². The fourth-order valence-corrected chi connectivity index (χ4v) is 2.42. The highest BCUT2D eigenvalue weighted by atomic mass is 19.1. The summed E-state index contributed by atoms with van der Waals surface area (Å²) in [5, 5.41) is 2.50. The lowest BCUT2D eigenvalue weighted by Crippen LogP contribution is -2.27. The number of hydrogen-bond donors (Lipinski definition) is 2. The molecular formula is C14H18F2N2O. The molecule has 1 fully saturated rings. The molecule has 104 valence electrons. The summed E-state index contributed by atoms with van der Waals surface area (Å²) < 4.78 is 26.5. The van der Waals surface area contributed by atoms with E-state index in [2.05, 4.69) is 12.2 Å². The highest BCUT2D eigenvalue weighted by Crippen LogP contribution is 2.30. The van der Waals surface area contributed by atoms with Crippen molar-refractivity contribution in [3.05, 3.63) is 23.8 Å². The molecule has 3 nitrogen and oxygen atoms in total. The summed E-state index contributed by atoms with van der Waals surface area (Å²) in [6.45, 7) is 2.16. The molecule has 0 aromatic heterocycles. The Labute approximate surface area is 111 Å². The van der Waals surface area contributed by atoms with Crippen LogP contribution in [0.5, 0.6) is 0 Å². The number of nitrogens with two attached hydrogens (primary N) is 1. The quantitative estimate of drug-likeness (QED) is 0.808. The highest BCUT2D eigenvalue weighted by molar-refractivity contribution is 5.93. The van der Waals surface area contributed by atoms with E-state index >= 15 is 0 Å². The number of rotatable bonds is 2. The standard InChI is InChI=1S/C14H18F2N2O/c1-8-2-4-9(5-3-8)14(19)18-13-7-12(17)10(15)6-11(13)16/h6-9H,2-5,17H2,1H3,(H,18,19). The van der Waals surface area contributed by atoms with E-state index in [0.717, 1.165) is 31.7 Å². The van der Waals surface area contributed by atoms with Crippen LogP contribution >= 0.6 is 0 Å². The van der Waals surface area contributed by atoms with Crippen molar-refractivity contribution in [2.75, 3.05) is 11.1 Å². The van der Waals surface area contributed by atoms with Gasteiger partial charge in [-0.15, -0.1) is 0 Å². The second-order valence-electron chi connectivity index (χ2n) is 5.30. The SMILES string of the molecule is CC1CCC(C(=O)Nc2cc(N)c(F)cc2F)CC1. The molecule has 1 aliphatic carbocycles. The first kappa shape index (κ1) is 13.8. The van der Waals surface area contributed by atoms with Crippen LogP contribution in [0, 0.1) is 23.5 Å². The molecule has 19 heavy (non-hydrogen) atoms. The van der Waals surface area contributed by atoms with Crippen molar-refractivity contribution in [3.8, 4) is 0 Å². The highest BCUT2D eigenvalue weighted by Gasteiger charge is 2.25. The number of carbonyl (C=O) groups excluding carboxylic acids is 1. The molecule has 5 heteroatoms. The van der Waals surface area contributed by atoms with E-state index in [4.69, 9.17) is 5.73 Å². The van der Waals surface area contributed by atoms with Gasteiger partial charge >= 0.3 is 0 Å². The zero-order chi connectivity index (χ0) is 14.0. The van der Waals surface area contributed by atoms with Crippen LogP contribution in [0.25, 0.3) is 0 Å². The van der Waals surface area contributed by atoms with Crippen LogP contribution in [-0.4, -0.2) is 5.91 Å². The van der Waals surface area contributed by atoms with Gasteiger partial charge in [0.25, 0.3) is 0 Å². The number of amides is 1. The van der Waals surface area contributed by atoms with Crippen molar-refractivity contribution in [1.82, 2.24) is 0 Å². The molecule has 0 heterocycles. The van der Waals surface area contributed by atoms with Crippen molar-refractivity contribution in [1.29, 1.82) is 0 Å². The van der Waals surface area contributed by atoms with Crippen molar-refractivity contribution in [2.24, 2.45) is 11.8 Å². The smallest absolute Gasteiger partial charge is 0.227 e. The monoisotopic (exact) mass is 268 g/mol. The first-order valence-electron chi connectivity index (χ1n) is 6.52. The van der Waals surface area contributed by atoms with Crippen LogP contribution in [0.1, 0.15) is 32.6 Å². The second-order valence-corrected chi connectivity index (χ2v) is 5.30. The van der Waals surface area contributed by atoms with Crippen molar-refractivity contribution in [2.45, 2.75) is 32.6 Å². The summed E-state index contributed by atoms with van der Waals surface area (Å²) in [6, 6.07) is 1.81. The second kappa shape index (κ2) is 5.55. The Morgan fingerprint density at radius 1 is 1.21 bits per heavy atom. The minimum absolute atomic E-state index is 0.0532. The molecule has 0 radical (unpaired) electrons. The van der Waals surface area contributed by atoms with Gasteiger partial charge in [-0.1, -0.05) is 6.92 Å². The van der Waals surface area contributed by atoms with Gasteiger partial charge in [0, 0.05) is 12.0 Å². The van der Waals surface area contributed by atoms with Gasteiger partial charge in [0.1, 0.15) is 11.6 Å². The Kier molecular flexibility index (Phi) is 4.02. The summed E-state index contributed by atoms with van der Waals surface area (Å²) in [6.07, 6.45) is 3.63. The van der Waals surface area contributed by atoms with Crippen LogP contribution in [0.4, 0.5) is 20.2 Å². The summed E-state index contributed by atoms with van der Waals surface area (Å²) >= 11 is 0. The van der Waals surface area contributed by atoms with Crippen LogP contribution in [0.15, 0.2) is 12.1 Å². The molecule has 0 spiro atoms. The van der Waals surface area contributed by atoms with Gasteiger partial charge in [0.15, 0.2) is 0 Å². The summed E-state index contributed by atoms with van der Waals surface area (Å²) in [5.74, 6) is -1.29. The van der Waals surface area contributed by atoms with Gasteiger partial charge in [-0.05, 0) is 37.7 Å². The molecule has 1 aliphatic rings. The molecular weight excluding hydrogens is 250 g/mol. The minimum Gasteiger partial charge on any atom is -0.396 e. The summed E-state index contributed by atoms with van der Waals surface area (Å²) in [4.78, 5) is 12.0. The maximum Gasteiger partial charge on any atom is 0.227 e. The van der Waals surface area contributed by atoms with Crippen molar-refractivity contribution in [3.63, 3.8) is 0 Å². The van der Waals surface area contributed by atoms with E-state index < -0.39 is 11.6 Å². The Hall–Kier alpha value is -1.65. The predicted molar refractivity (Wildman–Crippen MR) is 70.5 cm³/mol. The first-order valence-corrected chi connectivity index (χ1v) is 6.52. The van der Waals surface area contributed by atoms with E-state index in [-0.39, 0.29) is 23.2 Å². The third kappa shape index (κ3) is 3.22. The average molecular weight is 268 g/mol. The first-order chi connectivity index (χ1) is 8.97. The Morgan fingerprint density at radius 2 is 1.84 bits per heavy atom. The third-order valence-corrected chi connectivity index (χ3v) is 3.73. The molecule has 0 atom stereocenters. The third-order valence-electron chi connectivity index (χ3n) is 3.73. The summed E-state index contributed by atoms with van der Waals surface area (Å²) in [5.41, 5.74) is 5.14. The minimum atomic E-state index is -0.818. The van der Waals surface area contributed by atoms with E-state index in [9.17, 15) is 13.6 Å². The number of halogens is 2. The maximum absolute atomic E-state index is 13.5. The zero-order valence-electron chi connectivity index (χ0n) is 10.9. The Morgan fingerprint density at radius 3 is 2.47 bits per heavy atom. The van der Waals surface area contributed by atoms with Crippen molar-refractivity contribution < 1.29 is 13.6 Å². The number of benzene rings is 1. The van der Waals surface area contributed by atoms with Gasteiger partial charge < -0.3 is 11.1 Å². The normalized spacial score (nSPS) is 23.1. The molecule has 3 N–H and O–H groups in total. The number of nitrogens with one attached hydrogen (secondary N) is 1. The fraction of sp³-hybridized carbons (Fsp3) is 0.500. The number of carbonyl (C=O) groups is 1. The van der Waals surface area contributed by atoms with Crippen LogP contribution in [0.3, 0.4) is 0 Å². The number of anilines is 2. The molecule has 2 rings (SSSR count). The number of nitrogen functional groups attached to an aromatic ring is 1. The molecule has 0 unspecified atom stereocenters. The van der Waals surface area contributed by atoms with Crippen molar-refractivity contribution >= 4 is 17.3 Å². The van der Waals surface area contributed by atoms with Gasteiger partial charge in [-0.2, -0.15) is 0 Å². The Balaban J connectivity index is 2.05. The predicted octanol–water partition coefficient (Wildman–Crippen LogP) is 3.31. The molecule has 0 bridgehead atoms.